The van der Waals surface area contributed by atoms with Crippen molar-refractivity contribution in [3.05, 3.63) is 23.8 Å². The highest BCUT2D eigenvalue weighted by atomic mass is 19.3. The van der Waals surface area contributed by atoms with Gasteiger partial charge in [0.2, 0.25) is 23.3 Å². The van der Waals surface area contributed by atoms with Gasteiger partial charge in [0.15, 0.2) is 0 Å². The number of alkyl halides is 2. The molecule has 6 nitrogen and oxygen atoms in total. The van der Waals surface area contributed by atoms with Crippen LogP contribution in [0.15, 0.2) is 16.9 Å². The monoisotopic (exact) mass is 254 g/mol. The Morgan fingerprint density at radius 3 is 2.61 bits per heavy atom. The number of halogens is 2. The fraction of sp³-hybridized carbons (Fsp3) is 0.300. The first-order chi connectivity index (χ1) is 8.56. The molecule has 0 amide bonds. The zero-order valence-electron chi connectivity index (χ0n) is 9.30. The molecule has 94 valence electrons. The number of aryl methyl sites for hydroxylation is 1. The van der Waals surface area contributed by atoms with Crippen LogP contribution in [0.3, 0.4) is 0 Å². The molecule has 0 fully saturated rings. The molecule has 8 heteroatoms. The van der Waals surface area contributed by atoms with Gasteiger partial charge in [0.25, 0.3) is 6.43 Å². The summed E-state index contributed by atoms with van der Waals surface area (Å²) in [7, 11) is 0. The smallest absolute Gasteiger partial charge is 0.296 e. The molecule has 0 bridgehead atoms. The molecule has 0 aliphatic rings. The van der Waals surface area contributed by atoms with Gasteiger partial charge in [0.05, 0.1) is 6.42 Å². The summed E-state index contributed by atoms with van der Waals surface area (Å²) in [6.45, 7) is 1.81. The van der Waals surface area contributed by atoms with Gasteiger partial charge in [-0.15, -0.1) is 0 Å². The summed E-state index contributed by atoms with van der Waals surface area (Å²) in [5, 5.41) is 3.52. The van der Waals surface area contributed by atoms with E-state index in [1.165, 1.54) is 0 Å². The highest BCUT2D eigenvalue weighted by molar-refractivity contribution is 5.82. The highest BCUT2D eigenvalue weighted by Gasteiger charge is 2.20. The van der Waals surface area contributed by atoms with Crippen LogP contribution in [0.4, 0.5) is 8.78 Å². The summed E-state index contributed by atoms with van der Waals surface area (Å²) in [6, 6.07) is 0. The topological polar surface area (TPSA) is 81.8 Å². The van der Waals surface area contributed by atoms with Gasteiger partial charge >= 0.3 is 0 Å². The maximum atomic E-state index is 12.0. The SMILES string of the molecule is Cc1cnc(-c2noc(CC(=O)C(F)F)n2)nc1. The number of Topliss-reactive ketones (excluding diaryl/α,β-unsaturated/α-hetero) is 1. The first-order valence-corrected chi connectivity index (χ1v) is 4.98. The molecule has 0 N–H and O–H groups in total. The first-order valence-electron chi connectivity index (χ1n) is 4.98. The zero-order valence-corrected chi connectivity index (χ0v) is 9.30. The number of carbonyl (C=O) groups is 1. The van der Waals surface area contributed by atoms with E-state index in [1.54, 1.807) is 12.4 Å². The molecule has 0 unspecified atom stereocenters. The van der Waals surface area contributed by atoms with E-state index in [0.29, 0.717) is 0 Å². The lowest BCUT2D eigenvalue weighted by Crippen LogP contribution is -2.12. The average Bonchev–Trinajstić information content (AvgIpc) is 2.78. The van der Waals surface area contributed by atoms with Crippen molar-refractivity contribution >= 4 is 5.78 Å². The second-order valence-electron chi connectivity index (χ2n) is 3.54. The number of carbonyl (C=O) groups excluding carboxylic acids is 1. The third kappa shape index (κ3) is 2.70. The van der Waals surface area contributed by atoms with Crippen LogP contribution in [-0.2, 0) is 11.2 Å². The highest BCUT2D eigenvalue weighted by Crippen LogP contribution is 2.11. The molecule has 18 heavy (non-hydrogen) atoms. The lowest BCUT2D eigenvalue weighted by atomic mass is 10.3. The molecule has 2 rings (SSSR count). The van der Waals surface area contributed by atoms with Crippen LogP contribution in [0.25, 0.3) is 11.6 Å². The molecular weight excluding hydrogens is 246 g/mol. The van der Waals surface area contributed by atoms with Crippen LogP contribution in [0, 0.1) is 6.92 Å². The predicted octanol–water partition coefficient (Wildman–Crippen LogP) is 1.21. The lowest BCUT2D eigenvalue weighted by Gasteiger charge is -1.93. The molecule has 0 aromatic carbocycles. The Hall–Kier alpha value is -2.25. The lowest BCUT2D eigenvalue weighted by molar-refractivity contribution is -0.129. The van der Waals surface area contributed by atoms with Gasteiger partial charge in [-0.05, 0) is 12.5 Å². The van der Waals surface area contributed by atoms with Gasteiger partial charge in [0, 0.05) is 12.4 Å². The standard InChI is InChI=1S/C10H8F2N4O2/c1-5-3-13-9(14-4-5)10-15-7(18-16-10)2-6(17)8(11)12/h3-4,8H,2H2,1H3. The fourth-order valence-electron chi connectivity index (χ4n) is 1.15. The van der Waals surface area contributed by atoms with Gasteiger partial charge in [0.1, 0.15) is 0 Å². The van der Waals surface area contributed by atoms with Crippen molar-refractivity contribution < 1.29 is 18.1 Å². The number of aromatic nitrogens is 4. The molecule has 0 atom stereocenters. The van der Waals surface area contributed by atoms with Gasteiger partial charge in [-0.3, -0.25) is 4.79 Å². The Morgan fingerprint density at radius 2 is 2.00 bits per heavy atom. The van der Waals surface area contributed by atoms with Crippen LogP contribution in [0.2, 0.25) is 0 Å². The summed E-state index contributed by atoms with van der Waals surface area (Å²) < 4.78 is 28.7. The molecule has 0 saturated carbocycles. The molecule has 0 spiro atoms. The van der Waals surface area contributed by atoms with Crippen molar-refractivity contribution in [2.45, 2.75) is 19.8 Å². The summed E-state index contributed by atoms with van der Waals surface area (Å²) >= 11 is 0. The summed E-state index contributed by atoms with van der Waals surface area (Å²) in [4.78, 5) is 22.5. The quantitative estimate of drug-likeness (QED) is 0.815. The zero-order chi connectivity index (χ0) is 13.1. The maximum Gasteiger partial charge on any atom is 0.296 e. The normalized spacial score (nSPS) is 10.9. The first kappa shape index (κ1) is 12.2. The van der Waals surface area contributed by atoms with E-state index in [0.717, 1.165) is 5.56 Å². The van der Waals surface area contributed by atoms with Gasteiger partial charge in [-0.25, -0.2) is 18.7 Å². The Morgan fingerprint density at radius 1 is 1.33 bits per heavy atom. The molecule has 0 saturated heterocycles. The number of hydrogen-bond donors (Lipinski definition) is 0. The van der Waals surface area contributed by atoms with Crippen molar-refractivity contribution in [2.24, 2.45) is 0 Å². The fourth-order valence-corrected chi connectivity index (χ4v) is 1.15. The van der Waals surface area contributed by atoms with Gasteiger partial charge in [-0.1, -0.05) is 5.16 Å². The van der Waals surface area contributed by atoms with Crippen molar-refractivity contribution in [1.82, 2.24) is 20.1 Å². The summed E-state index contributed by atoms with van der Waals surface area (Å²) in [5.41, 5.74) is 0.857. The number of hydrogen-bond acceptors (Lipinski definition) is 6. The minimum absolute atomic E-state index is 0.0621. The summed E-state index contributed by atoms with van der Waals surface area (Å²) in [5.74, 6) is -1.18. The van der Waals surface area contributed by atoms with E-state index in [-0.39, 0.29) is 17.5 Å². The second-order valence-corrected chi connectivity index (χ2v) is 3.54. The average molecular weight is 254 g/mol. The largest absolute Gasteiger partial charge is 0.338 e. The molecule has 0 radical (unpaired) electrons. The van der Waals surface area contributed by atoms with E-state index < -0.39 is 18.6 Å². The van der Waals surface area contributed by atoms with Crippen molar-refractivity contribution in [3.8, 4) is 11.6 Å². The van der Waals surface area contributed by atoms with Crippen LogP contribution in [-0.4, -0.2) is 32.3 Å². The third-order valence-electron chi connectivity index (χ3n) is 2.02. The van der Waals surface area contributed by atoms with Gasteiger partial charge < -0.3 is 4.52 Å². The van der Waals surface area contributed by atoms with Crippen molar-refractivity contribution in [1.29, 1.82) is 0 Å². The van der Waals surface area contributed by atoms with E-state index in [1.807, 2.05) is 6.92 Å². The van der Waals surface area contributed by atoms with Crippen molar-refractivity contribution in [3.63, 3.8) is 0 Å². The van der Waals surface area contributed by atoms with E-state index in [9.17, 15) is 13.6 Å². The van der Waals surface area contributed by atoms with Crippen molar-refractivity contribution in [2.75, 3.05) is 0 Å². The van der Waals surface area contributed by atoms with Crippen LogP contribution in [0.5, 0.6) is 0 Å². The molecule has 2 aromatic rings. The van der Waals surface area contributed by atoms with Gasteiger partial charge in [-0.2, -0.15) is 4.98 Å². The molecule has 2 heterocycles. The van der Waals surface area contributed by atoms with Crippen LogP contribution >= 0.6 is 0 Å². The Bertz CT molecular complexity index is 553. The molecular formula is C10H8F2N4O2. The Labute approximate surface area is 100 Å². The molecule has 0 aliphatic heterocycles. The predicted molar refractivity (Wildman–Crippen MR) is 54.8 cm³/mol. The molecule has 2 aromatic heterocycles. The van der Waals surface area contributed by atoms with Crippen LogP contribution < -0.4 is 0 Å². The third-order valence-corrected chi connectivity index (χ3v) is 2.02. The Balaban J connectivity index is 2.15. The summed E-state index contributed by atoms with van der Waals surface area (Å²) in [6.07, 6.45) is -0.530. The molecule has 0 aliphatic carbocycles. The van der Waals surface area contributed by atoms with E-state index in [4.69, 9.17) is 0 Å². The van der Waals surface area contributed by atoms with Crippen LogP contribution in [0.1, 0.15) is 11.5 Å². The Kier molecular flexibility index (Phi) is 3.35. The number of nitrogens with zero attached hydrogens (tertiary/aromatic N) is 4. The minimum atomic E-state index is -3.05. The second kappa shape index (κ2) is 4.94. The van der Waals surface area contributed by atoms with E-state index in [2.05, 4.69) is 24.6 Å². The minimum Gasteiger partial charge on any atom is -0.338 e. The maximum absolute atomic E-state index is 12.0. The number of rotatable bonds is 4. The van der Waals surface area contributed by atoms with E-state index >= 15 is 0 Å². The number of ketones is 1.